The molecule has 0 spiro atoms. The molecule has 1 saturated carbocycles. The maximum Gasteiger partial charge on any atom is 0.264 e. The molecule has 1 fully saturated rings. The Morgan fingerprint density at radius 2 is 1.60 bits per heavy atom. The number of halogens is 1. The van der Waals surface area contributed by atoms with Crippen LogP contribution < -0.4 is 14.4 Å². The van der Waals surface area contributed by atoms with E-state index in [0.29, 0.717) is 18.6 Å². The molecule has 3 aromatic carbocycles. The summed E-state index contributed by atoms with van der Waals surface area (Å²) in [5, 5.41) is 3.14. The SMILES string of the molecule is CC[C@H](C(=O)NC1CCCCC1)N(CCc1ccccc1)C(=O)CN(c1ccc(F)cc1)S(=O)(=O)c1ccc(OC)cc1. The van der Waals surface area contributed by atoms with Gasteiger partial charge in [0.2, 0.25) is 11.8 Å². The van der Waals surface area contributed by atoms with E-state index < -0.39 is 34.3 Å². The van der Waals surface area contributed by atoms with Crippen molar-refractivity contribution in [2.45, 2.75) is 68.8 Å². The Bertz CT molecular complexity index is 1440. The molecule has 2 amide bonds. The summed E-state index contributed by atoms with van der Waals surface area (Å²) >= 11 is 0. The van der Waals surface area contributed by atoms with Crippen molar-refractivity contribution in [2.75, 3.05) is 24.5 Å². The molecule has 8 nitrogen and oxygen atoms in total. The minimum atomic E-state index is -4.26. The monoisotopic (exact) mass is 609 g/mol. The van der Waals surface area contributed by atoms with Crippen molar-refractivity contribution in [3.8, 4) is 5.75 Å². The van der Waals surface area contributed by atoms with Gasteiger partial charge in [-0.25, -0.2) is 12.8 Å². The van der Waals surface area contributed by atoms with Crippen molar-refractivity contribution < 1.29 is 27.1 Å². The number of sulfonamides is 1. The van der Waals surface area contributed by atoms with Crippen LogP contribution in [-0.2, 0) is 26.0 Å². The Balaban J connectivity index is 1.66. The van der Waals surface area contributed by atoms with E-state index >= 15 is 0 Å². The predicted octanol–water partition coefficient (Wildman–Crippen LogP) is 5.33. The molecule has 230 valence electrons. The van der Waals surface area contributed by atoms with E-state index in [4.69, 9.17) is 4.74 Å². The van der Waals surface area contributed by atoms with Gasteiger partial charge < -0.3 is 15.0 Å². The lowest BCUT2D eigenvalue weighted by Crippen LogP contribution is -2.54. The van der Waals surface area contributed by atoms with Crippen LogP contribution in [0.15, 0.2) is 83.8 Å². The number of amides is 2. The minimum absolute atomic E-state index is 0.0525. The van der Waals surface area contributed by atoms with E-state index in [1.807, 2.05) is 37.3 Å². The first-order chi connectivity index (χ1) is 20.7. The average molecular weight is 610 g/mol. The van der Waals surface area contributed by atoms with Gasteiger partial charge in [-0.1, -0.05) is 56.5 Å². The van der Waals surface area contributed by atoms with Crippen molar-refractivity contribution in [2.24, 2.45) is 0 Å². The molecule has 10 heteroatoms. The molecule has 0 aromatic heterocycles. The summed E-state index contributed by atoms with van der Waals surface area (Å²) in [6.45, 7) is 1.50. The number of rotatable bonds is 13. The molecular formula is C33H40FN3O5S. The molecular weight excluding hydrogens is 569 g/mol. The van der Waals surface area contributed by atoms with E-state index in [1.165, 1.54) is 48.4 Å². The molecule has 0 saturated heterocycles. The zero-order chi connectivity index (χ0) is 30.8. The van der Waals surface area contributed by atoms with Gasteiger partial charge in [-0.2, -0.15) is 0 Å². The molecule has 0 unspecified atom stereocenters. The molecule has 1 aliphatic rings. The fourth-order valence-electron chi connectivity index (χ4n) is 5.45. The molecule has 0 aliphatic heterocycles. The van der Waals surface area contributed by atoms with Crippen LogP contribution in [0.3, 0.4) is 0 Å². The van der Waals surface area contributed by atoms with Crippen LogP contribution >= 0.6 is 0 Å². The van der Waals surface area contributed by atoms with Gasteiger partial charge in [-0.3, -0.25) is 13.9 Å². The van der Waals surface area contributed by atoms with E-state index in [1.54, 1.807) is 0 Å². The smallest absolute Gasteiger partial charge is 0.264 e. The summed E-state index contributed by atoms with van der Waals surface area (Å²) in [7, 11) is -2.78. The summed E-state index contributed by atoms with van der Waals surface area (Å²) in [4.78, 5) is 29.2. The summed E-state index contributed by atoms with van der Waals surface area (Å²) in [6.07, 6.45) is 5.90. The van der Waals surface area contributed by atoms with Crippen molar-refractivity contribution in [1.29, 1.82) is 0 Å². The first kappa shape index (κ1) is 32.0. The van der Waals surface area contributed by atoms with Gasteiger partial charge in [0.15, 0.2) is 0 Å². The Morgan fingerprint density at radius 1 is 0.953 bits per heavy atom. The maximum absolute atomic E-state index is 14.1. The van der Waals surface area contributed by atoms with E-state index in [2.05, 4.69) is 5.32 Å². The summed E-state index contributed by atoms with van der Waals surface area (Å²) < 4.78 is 47.8. The third-order valence-corrected chi connectivity index (χ3v) is 9.65. The molecule has 1 aliphatic carbocycles. The second-order valence-electron chi connectivity index (χ2n) is 10.8. The average Bonchev–Trinajstić information content (AvgIpc) is 3.03. The Morgan fingerprint density at radius 3 is 2.21 bits per heavy atom. The van der Waals surface area contributed by atoms with Gasteiger partial charge >= 0.3 is 0 Å². The lowest BCUT2D eigenvalue weighted by molar-refractivity contribution is -0.140. The third-order valence-electron chi connectivity index (χ3n) is 7.86. The summed E-state index contributed by atoms with van der Waals surface area (Å²) in [5.74, 6) is -0.817. The van der Waals surface area contributed by atoms with Crippen LogP contribution in [0.5, 0.6) is 5.75 Å². The third kappa shape index (κ3) is 8.34. The lowest BCUT2D eigenvalue weighted by atomic mass is 9.95. The Hall–Kier alpha value is -3.92. The second-order valence-corrected chi connectivity index (χ2v) is 12.6. The zero-order valence-electron chi connectivity index (χ0n) is 24.7. The number of hydrogen-bond acceptors (Lipinski definition) is 5. The number of carbonyl (C=O) groups is 2. The number of anilines is 1. The number of nitrogens with one attached hydrogen (secondary N) is 1. The molecule has 1 atom stereocenters. The molecule has 4 rings (SSSR count). The molecule has 1 N–H and O–H groups in total. The molecule has 0 heterocycles. The van der Waals surface area contributed by atoms with Gasteiger partial charge in [0.05, 0.1) is 17.7 Å². The second kappa shape index (κ2) is 15.0. The normalized spacial score (nSPS) is 14.5. The van der Waals surface area contributed by atoms with Crippen LogP contribution in [0.25, 0.3) is 0 Å². The number of ether oxygens (including phenoxy) is 1. The number of benzene rings is 3. The molecule has 0 bridgehead atoms. The zero-order valence-corrected chi connectivity index (χ0v) is 25.6. The molecule has 0 radical (unpaired) electrons. The van der Waals surface area contributed by atoms with Gasteiger partial charge in [0.25, 0.3) is 10.0 Å². The first-order valence-corrected chi connectivity index (χ1v) is 16.2. The van der Waals surface area contributed by atoms with Gasteiger partial charge in [0, 0.05) is 12.6 Å². The van der Waals surface area contributed by atoms with Crippen LogP contribution in [-0.4, -0.2) is 57.4 Å². The van der Waals surface area contributed by atoms with Crippen LogP contribution in [0.1, 0.15) is 51.0 Å². The number of methoxy groups -OCH3 is 1. The van der Waals surface area contributed by atoms with Crippen molar-refractivity contribution in [3.63, 3.8) is 0 Å². The highest BCUT2D eigenvalue weighted by Gasteiger charge is 2.34. The Labute approximate surface area is 253 Å². The van der Waals surface area contributed by atoms with Gasteiger partial charge in [-0.15, -0.1) is 0 Å². The van der Waals surface area contributed by atoms with Crippen LogP contribution in [0.2, 0.25) is 0 Å². The number of carbonyl (C=O) groups excluding carboxylic acids is 2. The first-order valence-electron chi connectivity index (χ1n) is 14.8. The topological polar surface area (TPSA) is 96.0 Å². The van der Waals surface area contributed by atoms with Crippen LogP contribution in [0.4, 0.5) is 10.1 Å². The van der Waals surface area contributed by atoms with E-state index in [9.17, 15) is 22.4 Å². The van der Waals surface area contributed by atoms with Crippen molar-refractivity contribution >= 4 is 27.5 Å². The molecule has 43 heavy (non-hydrogen) atoms. The quantitative estimate of drug-likeness (QED) is 0.283. The number of hydrogen-bond donors (Lipinski definition) is 1. The highest BCUT2D eigenvalue weighted by Crippen LogP contribution is 2.26. The highest BCUT2D eigenvalue weighted by atomic mass is 32.2. The fraction of sp³-hybridized carbons (Fsp3) is 0.394. The van der Waals surface area contributed by atoms with E-state index in [-0.39, 0.29) is 29.1 Å². The summed E-state index contributed by atoms with van der Waals surface area (Å²) in [5.41, 5.74) is 1.12. The maximum atomic E-state index is 14.1. The lowest BCUT2D eigenvalue weighted by Gasteiger charge is -2.34. The van der Waals surface area contributed by atoms with Crippen LogP contribution in [0, 0.1) is 5.82 Å². The summed E-state index contributed by atoms with van der Waals surface area (Å²) in [6, 6.07) is 19.7. The fourth-order valence-corrected chi connectivity index (χ4v) is 6.87. The number of nitrogens with zero attached hydrogens (tertiary/aromatic N) is 2. The van der Waals surface area contributed by atoms with Crippen molar-refractivity contribution in [1.82, 2.24) is 10.2 Å². The minimum Gasteiger partial charge on any atom is -0.497 e. The predicted molar refractivity (Wildman–Crippen MR) is 165 cm³/mol. The largest absolute Gasteiger partial charge is 0.497 e. The van der Waals surface area contributed by atoms with Crippen molar-refractivity contribution in [3.05, 3.63) is 90.2 Å². The molecule has 3 aromatic rings. The highest BCUT2D eigenvalue weighted by molar-refractivity contribution is 7.92. The van der Waals surface area contributed by atoms with Gasteiger partial charge in [0.1, 0.15) is 24.2 Å². The Kier molecular flexibility index (Phi) is 11.2. The van der Waals surface area contributed by atoms with E-state index in [0.717, 1.165) is 54.1 Å². The standard InChI is InChI=1S/C33H40FN3O5S/c1-3-31(33(39)35-27-12-8-5-9-13-27)36(23-22-25-10-6-4-7-11-25)32(38)24-37(28-16-14-26(34)15-17-28)43(40,41)30-20-18-29(42-2)19-21-30/h4,6-7,10-11,14-21,27,31H,3,5,8-9,12-13,22-24H2,1-2H3,(H,35,39)/t31-/m1/s1. The van der Waals surface area contributed by atoms with Gasteiger partial charge in [-0.05, 0) is 79.8 Å².